The first-order valence-corrected chi connectivity index (χ1v) is 7.94. The normalized spacial score (nSPS) is 19.7. The molecule has 0 radical (unpaired) electrons. The van der Waals surface area contributed by atoms with Crippen LogP contribution < -0.4 is 10.6 Å². The summed E-state index contributed by atoms with van der Waals surface area (Å²) in [5.41, 5.74) is 0. The molecule has 0 aromatic heterocycles. The van der Waals surface area contributed by atoms with Crippen molar-refractivity contribution in [2.45, 2.75) is 31.7 Å². The number of carbonyl (C=O) groups excluding carboxylic acids is 1. The highest BCUT2D eigenvalue weighted by Gasteiger charge is 2.19. The first kappa shape index (κ1) is 15.9. The Labute approximate surface area is 118 Å². The quantitative estimate of drug-likeness (QED) is 0.624. The molecular weight excluding hydrogens is 264 g/mol. The van der Waals surface area contributed by atoms with Crippen LogP contribution in [0.5, 0.6) is 0 Å². The number of carboxylic acids is 1. The third-order valence-corrected chi connectivity index (χ3v) is 3.79. The maximum Gasteiger partial charge on any atom is 0.326 e. The van der Waals surface area contributed by atoms with E-state index in [2.05, 4.69) is 22.8 Å². The standard InChI is InChI=1S/C13H22N2O3S/c1-19-8-7-11(12(16)17)15-13(18)14-9-10-5-3-2-4-6-10/h2-3,10-11H,4-9H2,1H3,(H,16,17)(H2,14,15,18)/t10?,11-/m0/s1. The molecule has 108 valence electrons. The van der Waals surface area contributed by atoms with E-state index in [0.29, 0.717) is 24.6 Å². The molecule has 0 aromatic carbocycles. The molecule has 5 nitrogen and oxygen atoms in total. The Morgan fingerprint density at radius 2 is 2.26 bits per heavy atom. The zero-order valence-electron chi connectivity index (χ0n) is 11.2. The first-order valence-electron chi connectivity index (χ1n) is 6.54. The average Bonchev–Trinajstić information content (AvgIpc) is 2.42. The number of hydrogen-bond donors (Lipinski definition) is 3. The van der Waals surface area contributed by atoms with Crippen LogP contribution in [0.2, 0.25) is 0 Å². The van der Waals surface area contributed by atoms with Crippen LogP contribution in [0.4, 0.5) is 4.79 Å². The Balaban J connectivity index is 2.27. The molecule has 19 heavy (non-hydrogen) atoms. The number of urea groups is 1. The molecule has 0 saturated carbocycles. The second-order valence-corrected chi connectivity index (χ2v) is 5.66. The first-order chi connectivity index (χ1) is 9.13. The van der Waals surface area contributed by atoms with Crippen molar-refractivity contribution in [2.75, 3.05) is 18.6 Å². The monoisotopic (exact) mass is 286 g/mol. The molecule has 2 amide bonds. The number of carboxylic acid groups (broad SMARTS) is 1. The van der Waals surface area contributed by atoms with Crippen LogP contribution in [0.15, 0.2) is 12.2 Å². The van der Waals surface area contributed by atoms with E-state index < -0.39 is 12.0 Å². The Morgan fingerprint density at radius 3 is 2.84 bits per heavy atom. The number of thioether (sulfide) groups is 1. The highest BCUT2D eigenvalue weighted by Crippen LogP contribution is 2.16. The van der Waals surface area contributed by atoms with E-state index in [1.807, 2.05) is 6.26 Å². The lowest BCUT2D eigenvalue weighted by atomic mass is 9.94. The Kier molecular flexibility index (Phi) is 7.40. The van der Waals surface area contributed by atoms with Gasteiger partial charge < -0.3 is 15.7 Å². The topological polar surface area (TPSA) is 78.4 Å². The summed E-state index contributed by atoms with van der Waals surface area (Å²) < 4.78 is 0. The fourth-order valence-corrected chi connectivity index (χ4v) is 2.45. The maximum atomic E-state index is 11.7. The zero-order valence-corrected chi connectivity index (χ0v) is 12.0. The van der Waals surface area contributed by atoms with Crippen LogP contribution in [0.1, 0.15) is 25.7 Å². The van der Waals surface area contributed by atoms with Gasteiger partial charge in [0.15, 0.2) is 0 Å². The molecule has 1 rings (SSSR count). The predicted octanol–water partition coefficient (Wildman–Crippen LogP) is 1.85. The van der Waals surface area contributed by atoms with E-state index in [-0.39, 0.29) is 6.03 Å². The molecular formula is C13H22N2O3S. The summed E-state index contributed by atoms with van der Waals surface area (Å²) in [6, 6.07) is -1.19. The van der Waals surface area contributed by atoms with Crippen LogP contribution in [0, 0.1) is 5.92 Å². The summed E-state index contributed by atoms with van der Waals surface area (Å²) in [6.45, 7) is 0.602. The zero-order chi connectivity index (χ0) is 14.1. The lowest BCUT2D eigenvalue weighted by Gasteiger charge is -2.19. The number of hydrogen-bond acceptors (Lipinski definition) is 3. The van der Waals surface area contributed by atoms with Gasteiger partial charge in [0.25, 0.3) is 0 Å². The number of carbonyl (C=O) groups is 2. The fraction of sp³-hybridized carbons (Fsp3) is 0.692. The summed E-state index contributed by atoms with van der Waals surface area (Å²) in [5.74, 6) is 0.194. The minimum atomic E-state index is -0.982. The summed E-state index contributed by atoms with van der Waals surface area (Å²) in [4.78, 5) is 22.6. The van der Waals surface area contributed by atoms with E-state index in [4.69, 9.17) is 5.11 Å². The number of rotatable bonds is 7. The molecule has 0 aliphatic heterocycles. The number of nitrogens with one attached hydrogen (secondary N) is 2. The van der Waals surface area contributed by atoms with Crippen molar-refractivity contribution in [3.63, 3.8) is 0 Å². The highest BCUT2D eigenvalue weighted by molar-refractivity contribution is 7.98. The molecule has 0 aromatic rings. The largest absolute Gasteiger partial charge is 0.480 e. The third kappa shape index (κ3) is 6.52. The second kappa shape index (κ2) is 8.85. The van der Waals surface area contributed by atoms with Crippen LogP contribution in [0.25, 0.3) is 0 Å². The summed E-state index contributed by atoms with van der Waals surface area (Å²) in [6.07, 6.45) is 9.75. The van der Waals surface area contributed by atoms with Gasteiger partial charge in [-0.2, -0.15) is 11.8 Å². The van der Waals surface area contributed by atoms with Crippen molar-refractivity contribution < 1.29 is 14.7 Å². The van der Waals surface area contributed by atoms with Gasteiger partial charge >= 0.3 is 12.0 Å². The SMILES string of the molecule is CSCC[C@H](NC(=O)NCC1CC=CCC1)C(=O)O. The second-order valence-electron chi connectivity index (χ2n) is 4.68. The Hall–Kier alpha value is -1.17. The molecule has 6 heteroatoms. The minimum Gasteiger partial charge on any atom is -0.480 e. The van der Waals surface area contributed by atoms with Crippen molar-refractivity contribution >= 4 is 23.8 Å². The lowest BCUT2D eigenvalue weighted by Crippen LogP contribution is -2.47. The van der Waals surface area contributed by atoms with Crippen LogP contribution in [-0.4, -0.2) is 41.7 Å². The number of aliphatic carboxylic acids is 1. The summed E-state index contributed by atoms with van der Waals surface area (Å²) in [7, 11) is 0. The van der Waals surface area contributed by atoms with Gasteiger partial charge in [0.05, 0.1) is 0 Å². The van der Waals surface area contributed by atoms with Crippen molar-refractivity contribution in [3.8, 4) is 0 Å². The lowest BCUT2D eigenvalue weighted by molar-refractivity contribution is -0.139. The van der Waals surface area contributed by atoms with Gasteiger partial charge in [-0.3, -0.25) is 0 Å². The van der Waals surface area contributed by atoms with Crippen LogP contribution in [-0.2, 0) is 4.79 Å². The average molecular weight is 286 g/mol. The summed E-state index contributed by atoms with van der Waals surface area (Å²) in [5, 5.41) is 14.3. The highest BCUT2D eigenvalue weighted by atomic mass is 32.2. The van der Waals surface area contributed by atoms with E-state index in [1.165, 1.54) is 0 Å². The smallest absolute Gasteiger partial charge is 0.326 e. The van der Waals surface area contributed by atoms with Gasteiger partial charge in [-0.25, -0.2) is 9.59 Å². The van der Waals surface area contributed by atoms with Crippen molar-refractivity contribution in [1.82, 2.24) is 10.6 Å². The number of allylic oxidation sites excluding steroid dienone is 2. The van der Waals surface area contributed by atoms with Crippen molar-refractivity contribution in [2.24, 2.45) is 5.92 Å². The fourth-order valence-electron chi connectivity index (χ4n) is 1.98. The molecule has 0 saturated heterocycles. The predicted molar refractivity (Wildman–Crippen MR) is 77.4 cm³/mol. The molecule has 1 aliphatic carbocycles. The molecule has 1 unspecified atom stereocenters. The van der Waals surface area contributed by atoms with Gasteiger partial charge in [0.1, 0.15) is 6.04 Å². The van der Waals surface area contributed by atoms with Gasteiger partial charge in [-0.05, 0) is 43.6 Å². The molecule has 1 aliphatic rings. The minimum absolute atomic E-state index is 0.386. The maximum absolute atomic E-state index is 11.7. The van der Waals surface area contributed by atoms with E-state index >= 15 is 0 Å². The Morgan fingerprint density at radius 1 is 1.47 bits per heavy atom. The Bertz CT molecular complexity index is 334. The molecule has 0 fully saturated rings. The molecule has 2 atom stereocenters. The molecule has 0 bridgehead atoms. The summed E-state index contributed by atoms with van der Waals surface area (Å²) >= 11 is 1.57. The van der Waals surface area contributed by atoms with E-state index in [1.54, 1.807) is 11.8 Å². The third-order valence-electron chi connectivity index (χ3n) is 3.14. The number of amides is 2. The van der Waals surface area contributed by atoms with Crippen molar-refractivity contribution in [3.05, 3.63) is 12.2 Å². The van der Waals surface area contributed by atoms with E-state index in [0.717, 1.165) is 19.3 Å². The molecule has 0 spiro atoms. The van der Waals surface area contributed by atoms with Crippen LogP contribution >= 0.6 is 11.8 Å². The van der Waals surface area contributed by atoms with Crippen LogP contribution in [0.3, 0.4) is 0 Å². The molecule has 3 N–H and O–H groups in total. The molecule has 0 heterocycles. The van der Waals surface area contributed by atoms with Gasteiger partial charge in [-0.15, -0.1) is 0 Å². The van der Waals surface area contributed by atoms with Gasteiger partial charge in [0, 0.05) is 6.54 Å². The van der Waals surface area contributed by atoms with E-state index in [9.17, 15) is 9.59 Å². The van der Waals surface area contributed by atoms with Gasteiger partial charge in [0.2, 0.25) is 0 Å². The van der Waals surface area contributed by atoms with Crippen molar-refractivity contribution in [1.29, 1.82) is 0 Å². The van der Waals surface area contributed by atoms with Gasteiger partial charge in [-0.1, -0.05) is 12.2 Å².